The second-order valence-corrected chi connectivity index (χ2v) is 6.48. The fourth-order valence-electron chi connectivity index (χ4n) is 2.76. The van der Waals surface area contributed by atoms with Crippen molar-refractivity contribution in [3.8, 4) is 6.07 Å². The summed E-state index contributed by atoms with van der Waals surface area (Å²) in [4.78, 5) is 14.7. The Hall–Kier alpha value is -1.62. The third-order valence-corrected chi connectivity index (χ3v) is 4.53. The number of hydrogen-bond donors (Lipinski definition) is 1. The molecule has 2 heterocycles. The summed E-state index contributed by atoms with van der Waals surface area (Å²) < 4.78 is 10.8. The van der Waals surface area contributed by atoms with E-state index in [9.17, 15) is 10.1 Å². The van der Waals surface area contributed by atoms with Gasteiger partial charge in [-0.3, -0.25) is 4.90 Å². The number of anilines is 1. The van der Waals surface area contributed by atoms with Crippen LogP contribution in [0.5, 0.6) is 0 Å². The Kier molecular flexibility index (Phi) is 5.40. The maximum absolute atomic E-state index is 12.1. The minimum absolute atomic E-state index is 0.122. The lowest BCUT2D eigenvalue weighted by Gasteiger charge is -2.35. The highest BCUT2D eigenvalue weighted by molar-refractivity contribution is 7.18. The van der Waals surface area contributed by atoms with E-state index in [1.807, 2.05) is 13.8 Å². The lowest BCUT2D eigenvalue weighted by atomic mass is 10.1. The van der Waals surface area contributed by atoms with E-state index in [1.54, 1.807) is 6.92 Å². The van der Waals surface area contributed by atoms with Crippen LogP contribution in [-0.4, -0.2) is 42.8 Å². The van der Waals surface area contributed by atoms with Crippen molar-refractivity contribution < 1.29 is 14.3 Å². The average molecular weight is 323 g/mol. The van der Waals surface area contributed by atoms with Gasteiger partial charge >= 0.3 is 5.97 Å². The molecule has 1 aromatic rings. The molecule has 0 saturated carbocycles. The molecule has 2 N–H and O–H groups in total. The summed E-state index contributed by atoms with van der Waals surface area (Å²) in [6.07, 6.45) is 0.243. The molecule has 0 spiro atoms. The Balaban J connectivity index is 2.28. The molecule has 1 aliphatic rings. The van der Waals surface area contributed by atoms with Crippen molar-refractivity contribution in [3.63, 3.8) is 0 Å². The molecule has 22 heavy (non-hydrogen) atoms. The van der Waals surface area contributed by atoms with Crippen LogP contribution in [-0.2, 0) is 16.0 Å². The van der Waals surface area contributed by atoms with Crippen LogP contribution in [0.4, 0.5) is 5.00 Å². The first-order valence-electron chi connectivity index (χ1n) is 7.32. The smallest absolute Gasteiger partial charge is 0.348 e. The quantitative estimate of drug-likeness (QED) is 0.852. The number of thiophene rings is 1. The molecule has 0 radical (unpaired) electrons. The summed E-state index contributed by atoms with van der Waals surface area (Å²) in [6, 6.07) is 2.11. The topological polar surface area (TPSA) is 88.6 Å². The zero-order valence-corrected chi connectivity index (χ0v) is 13.9. The number of nitrogens with zero attached hydrogens (tertiary/aromatic N) is 2. The second kappa shape index (κ2) is 7.09. The summed E-state index contributed by atoms with van der Waals surface area (Å²) in [5, 5.41) is 9.71. The van der Waals surface area contributed by atoms with Crippen LogP contribution < -0.4 is 5.73 Å². The number of nitriles is 1. The van der Waals surface area contributed by atoms with Crippen molar-refractivity contribution in [2.75, 3.05) is 25.4 Å². The van der Waals surface area contributed by atoms with Gasteiger partial charge in [0.15, 0.2) is 0 Å². The van der Waals surface area contributed by atoms with E-state index >= 15 is 0 Å². The van der Waals surface area contributed by atoms with Crippen molar-refractivity contribution in [1.29, 1.82) is 5.26 Å². The number of esters is 1. The highest BCUT2D eigenvalue weighted by Crippen LogP contribution is 2.32. The fraction of sp³-hybridized carbons (Fsp3) is 0.600. The summed E-state index contributed by atoms with van der Waals surface area (Å²) >= 11 is 1.13. The van der Waals surface area contributed by atoms with Crippen LogP contribution in [0.25, 0.3) is 0 Å². The molecular formula is C15H21N3O3S. The number of nitrogen functional groups attached to an aromatic ring is 1. The lowest BCUT2D eigenvalue weighted by molar-refractivity contribution is -0.0705. The zero-order valence-electron chi connectivity index (χ0n) is 13.1. The first-order chi connectivity index (χ1) is 10.5. The largest absolute Gasteiger partial charge is 0.462 e. The molecule has 0 bridgehead atoms. The van der Waals surface area contributed by atoms with Gasteiger partial charge in [0, 0.05) is 25.2 Å². The van der Waals surface area contributed by atoms with Gasteiger partial charge in [0.1, 0.15) is 15.9 Å². The highest BCUT2D eigenvalue weighted by Gasteiger charge is 2.28. The van der Waals surface area contributed by atoms with Crippen LogP contribution in [0.15, 0.2) is 0 Å². The molecule has 1 aliphatic heterocycles. The molecule has 2 rings (SSSR count). The Morgan fingerprint density at radius 3 is 2.68 bits per heavy atom. The Morgan fingerprint density at radius 2 is 2.14 bits per heavy atom. The average Bonchev–Trinajstić information content (AvgIpc) is 2.74. The van der Waals surface area contributed by atoms with Crippen molar-refractivity contribution >= 4 is 22.3 Å². The summed E-state index contributed by atoms with van der Waals surface area (Å²) in [7, 11) is 0. The molecule has 6 nitrogen and oxygen atoms in total. The summed E-state index contributed by atoms with van der Waals surface area (Å²) in [5.41, 5.74) is 6.95. The maximum Gasteiger partial charge on any atom is 0.348 e. The van der Waals surface area contributed by atoms with Crippen molar-refractivity contribution in [2.45, 2.75) is 39.5 Å². The first-order valence-corrected chi connectivity index (χ1v) is 8.14. The molecule has 0 aliphatic carbocycles. The van der Waals surface area contributed by atoms with E-state index < -0.39 is 5.97 Å². The molecule has 0 aromatic carbocycles. The number of morpholine rings is 1. The van der Waals surface area contributed by atoms with E-state index in [0.29, 0.717) is 34.2 Å². The fourth-order valence-corrected chi connectivity index (χ4v) is 3.68. The third-order valence-electron chi connectivity index (χ3n) is 3.48. The van der Waals surface area contributed by atoms with Gasteiger partial charge in [-0.25, -0.2) is 4.79 Å². The van der Waals surface area contributed by atoms with Gasteiger partial charge < -0.3 is 15.2 Å². The Morgan fingerprint density at radius 1 is 1.50 bits per heavy atom. The van der Waals surface area contributed by atoms with Gasteiger partial charge in [-0.2, -0.15) is 5.26 Å². The molecule has 7 heteroatoms. The van der Waals surface area contributed by atoms with E-state index in [1.165, 1.54) is 0 Å². The molecule has 0 unspecified atom stereocenters. The monoisotopic (exact) mass is 323 g/mol. The van der Waals surface area contributed by atoms with E-state index in [2.05, 4.69) is 11.0 Å². The SMILES string of the molecule is CCOC(=O)c1sc(N)c(C#N)c1CN1C[C@@H](C)O[C@H](C)C1. The minimum atomic E-state index is -0.412. The summed E-state index contributed by atoms with van der Waals surface area (Å²) in [6.45, 7) is 8.10. The van der Waals surface area contributed by atoms with Gasteiger partial charge in [0.25, 0.3) is 0 Å². The Labute approximate surface area is 134 Å². The molecule has 0 amide bonds. The molecule has 1 saturated heterocycles. The number of carbonyl (C=O) groups excluding carboxylic acids is 1. The van der Waals surface area contributed by atoms with Crippen molar-refractivity contribution in [1.82, 2.24) is 4.90 Å². The van der Waals surface area contributed by atoms with Crippen LogP contribution >= 0.6 is 11.3 Å². The number of ether oxygens (including phenoxy) is 2. The predicted octanol–water partition coefficient (Wildman–Crippen LogP) is 1.99. The molecular weight excluding hydrogens is 302 g/mol. The standard InChI is InChI=1S/C15H21N3O3S/c1-4-20-15(19)13-12(11(5-16)14(17)22-13)8-18-6-9(2)21-10(3)7-18/h9-10H,4,6-8,17H2,1-3H3/t9-,10-/m1/s1. The van der Waals surface area contributed by atoms with Crippen LogP contribution in [0.1, 0.15) is 41.6 Å². The molecule has 2 atom stereocenters. The van der Waals surface area contributed by atoms with Crippen LogP contribution in [0, 0.1) is 11.3 Å². The zero-order chi connectivity index (χ0) is 16.3. The van der Waals surface area contributed by atoms with Crippen LogP contribution in [0.2, 0.25) is 0 Å². The van der Waals surface area contributed by atoms with Gasteiger partial charge in [0.2, 0.25) is 0 Å². The van der Waals surface area contributed by atoms with Gasteiger partial charge in [0.05, 0.1) is 24.4 Å². The van der Waals surface area contributed by atoms with E-state index in [4.69, 9.17) is 15.2 Å². The highest BCUT2D eigenvalue weighted by atomic mass is 32.1. The van der Waals surface area contributed by atoms with Gasteiger partial charge in [-0.05, 0) is 20.8 Å². The number of nitrogens with two attached hydrogens (primary N) is 1. The van der Waals surface area contributed by atoms with Gasteiger partial charge in [-0.1, -0.05) is 0 Å². The van der Waals surface area contributed by atoms with Crippen molar-refractivity contribution in [2.24, 2.45) is 0 Å². The minimum Gasteiger partial charge on any atom is -0.462 e. The van der Waals surface area contributed by atoms with E-state index in [0.717, 1.165) is 24.4 Å². The number of hydrogen-bond acceptors (Lipinski definition) is 7. The second-order valence-electron chi connectivity index (χ2n) is 5.43. The third kappa shape index (κ3) is 3.58. The molecule has 1 aromatic heterocycles. The predicted molar refractivity (Wildman–Crippen MR) is 84.7 cm³/mol. The maximum atomic E-state index is 12.1. The lowest BCUT2D eigenvalue weighted by Crippen LogP contribution is -2.45. The van der Waals surface area contributed by atoms with Crippen LogP contribution in [0.3, 0.4) is 0 Å². The van der Waals surface area contributed by atoms with Gasteiger partial charge in [-0.15, -0.1) is 11.3 Å². The number of rotatable bonds is 4. The number of carbonyl (C=O) groups is 1. The molecule has 1 fully saturated rings. The normalized spacial score (nSPS) is 22.3. The van der Waals surface area contributed by atoms with E-state index in [-0.39, 0.29) is 12.2 Å². The first kappa shape index (κ1) is 16.7. The Bertz CT molecular complexity index is 584. The molecule has 120 valence electrons. The summed E-state index contributed by atoms with van der Waals surface area (Å²) in [5.74, 6) is -0.412. The van der Waals surface area contributed by atoms with Crippen molar-refractivity contribution in [3.05, 3.63) is 16.0 Å².